The summed E-state index contributed by atoms with van der Waals surface area (Å²) in [5.74, 6) is -3.51. The van der Waals surface area contributed by atoms with Crippen LogP contribution in [-0.4, -0.2) is 0 Å². The predicted octanol–water partition coefficient (Wildman–Crippen LogP) is 2.88. The molecule has 0 bridgehead atoms. The van der Waals surface area contributed by atoms with Crippen molar-refractivity contribution < 1.29 is 4.57 Å². The summed E-state index contributed by atoms with van der Waals surface area (Å²) in [4.78, 5) is 4.63. The van der Waals surface area contributed by atoms with Gasteiger partial charge < -0.3 is 0 Å². The van der Waals surface area contributed by atoms with Crippen LogP contribution >= 0.6 is 28.5 Å². The van der Waals surface area contributed by atoms with Crippen molar-refractivity contribution in [3.8, 4) is 0 Å². The van der Waals surface area contributed by atoms with Gasteiger partial charge in [-0.1, -0.05) is 0 Å². The predicted molar refractivity (Wildman–Crippen MR) is 28.5 cm³/mol. The number of hydrogen-bond donors (Lipinski definition) is 0. The normalized spacial score (nSPS) is 10.0. The van der Waals surface area contributed by atoms with Crippen molar-refractivity contribution in [1.82, 2.24) is 0 Å². The van der Waals surface area contributed by atoms with Crippen molar-refractivity contribution in [3.63, 3.8) is 0 Å². The second-order valence-electron chi connectivity index (χ2n) is 0.614. The van der Waals surface area contributed by atoms with E-state index in [4.69, 9.17) is 28.0 Å². The zero-order chi connectivity index (χ0) is 5.91. The minimum Gasteiger partial charge on any atom is -0.282 e. The molecule has 0 saturated carbocycles. The molecule has 7 heavy (non-hydrogen) atoms. The molecule has 0 N–H and O–H groups in total. The number of hydrogen-bond acceptors (Lipinski definition) is 1. The lowest BCUT2D eigenvalue weighted by atomic mass is 13.0. The molecule has 0 aromatic rings. The van der Waals surface area contributed by atoms with E-state index in [0.29, 0.717) is 0 Å². The van der Waals surface area contributed by atoms with Gasteiger partial charge in [-0.2, -0.15) is 0 Å². The average molecular weight is 160 g/mol. The Balaban J connectivity index is 4.10. The second-order valence-corrected chi connectivity index (χ2v) is 4.93. The molecule has 0 aromatic carbocycles. The lowest BCUT2D eigenvalue weighted by molar-refractivity contribution is 0.593. The Morgan fingerprint density at radius 3 is 2.14 bits per heavy atom. The Hall–Kier alpha value is 0.120. The van der Waals surface area contributed by atoms with Gasteiger partial charge in [-0.3, -0.25) is 4.57 Å². The van der Waals surface area contributed by atoms with Crippen LogP contribution in [0.25, 0.3) is 10.4 Å². The number of halogens is 2. The largest absolute Gasteiger partial charge is 0.338 e. The SMILES string of the molecule is [N-]=[N+]=NP(=O)(Cl)Cl. The molecule has 7 heteroatoms. The van der Waals surface area contributed by atoms with Crippen molar-refractivity contribution in [3.05, 3.63) is 10.4 Å². The number of rotatable bonds is 1. The van der Waals surface area contributed by atoms with E-state index >= 15 is 0 Å². The van der Waals surface area contributed by atoms with Crippen molar-refractivity contribution in [2.24, 2.45) is 4.88 Å². The molecule has 0 rings (SSSR count). The van der Waals surface area contributed by atoms with Gasteiger partial charge in [0.05, 0.1) is 0 Å². The first-order valence-corrected chi connectivity index (χ1v) is 4.59. The van der Waals surface area contributed by atoms with E-state index in [2.05, 4.69) is 9.80 Å². The molecule has 0 aliphatic carbocycles. The van der Waals surface area contributed by atoms with Crippen molar-refractivity contribution in [1.29, 1.82) is 0 Å². The molecule has 0 radical (unpaired) electrons. The molecule has 0 amide bonds. The highest BCUT2D eigenvalue weighted by Crippen LogP contribution is 2.58. The Bertz CT molecular complexity index is 141. The van der Waals surface area contributed by atoms with Crippen molar-refractivity contribution in [2.75, 3.05) is 0 Å². The first kappa shape index (κ1) is 7.12. The lowest BCUT2D eigenvalue weighted by Crippen LogP contribution is -1.36. The summed E-state index contributed by atoms with van der Waals surface area (Å²) < 4.78 is 9.93. The van der Waals surface area contributed by atoms with Crippen molar-refractivity contribution in [2.45, 2.75) is 0 Å². The van der Waals surface area contributed by atoms with Gasteiger partial charge in [-0.15, -0.1) is 0 Å². The minimum absolute atomic E-state index is 2.10. The Morgan fingerprint density at radius 1 is 1.71 bits per heavy atom. The highest BCUT2D eigenvalue weighted by atomic mass is 35.9. The van der Waals surface area contributed by atoms with Gasteiger partial charge in [-0.05, 0) is 28.0 Å². The van der Waals surface area contributed by atoms with E-state index in [1.165, 1.54) is 0 Å². The monoisotopic (exact) mass is 159 g/mol. The fourth-order valence-electron chi connectivity index (χ4n) is 0.0466. The van der Waals surface area contributed by atoms with Crippen LogP contribution < -0.4 is 0 Å². The van der Waals surface area contributed by atoms with E-state index in [9.17, 15) is 4.57 Å². The van der Waals surface area contributed by atoms with E-state index in [-0.39, 0.29) is 0 Å². The first-order chi connectivity index (χ1) is 3.06. The fraction of sp³-hybridized carbons (Fsp3) is 0. The number of azide groups is 1. The zero-order valence-electron chi connectivity index (χ0n) is 2.95. The third-order valence-electron chi connectivity index (χ3n) is 0.144. The molecule has 0 saturated heterocycles. The fourth-order valence-corrected chi connectivity index (χ4v) is 0.321. The summed E-state index contributed by atoms with van der Waals surface area (Å²) in [6, 6.07) is 0. The topological polar surface area (TPSA) is 65.8 Å². The van der Waals surface area contributed by atoms with Crippen LogP contribution in [0.1, 0.15) is 0 Å². The molecule has 0 atom stereocenters. The van der Waals surface area contributed by atoms with Crippen molar-refractivity contribution >= 4 is 28.5 Å². The van der Waals surface area contributed by atoms with Gasteiger partial charge in [0.15, 0.2) is 0 Å². The maximum Gasteiger partial charge on any atom is 0.338 e. The maximum atomic E-state index is 9.93. The summed E-state index contributed by atoms with van der Waals surface area (Å²) in [5.41, 5.74) is 7.52. The molecule has 0 aliphatic heterocycles. The molecule has 0 aliphatic rings. The Kier molecular flexibility index (Phi) is 2.47. The second kappa shape index (κ2) is 2.43. The lowest BCUT2D eigenvalue weighted by Gasteiger charge is -1.80. The van der Waals surface area contributed by atoms with Crippen LogP contribution in [0.5, 0.6) is 0 Å². The van der Waals surface area contributed by atoms with Crippen LogP contribution in [0.3, 0.4) is 0 Å². The Morgan fingerprint density at radius 2 is 2.14 bits per heavy atom. The van der Waals surface area contributed by atoms with Crippen LogP contribution in [0.15, 0.2) is 4.88 Å². The van der Waals surface area contributed by atoms with Crippen LogP contribution in [0.2, 0.25) is 0 Å². The average Bonchev–Trinajstić information content (AvgIpc) is 1.30. The third-order valence-corrected chi connectivity index (χ3v) is 0.838. The summed E-state index contributed by atoms with van der Waals surface area (Å²) in [7, 11) is 0. The smallest absolute Gasteiger partial charge is 0.282 e. The molecular weight excluding hydrogens is 160 g/mol. The molecule has 0 heterocycles. The number of nitrogens with zero attached hydrogens (tertiary/aromatic N) is 3. The molecule has 0 fully saturated rings. The van der Waals surface area contributed by atoms with Gasteiger partial charge in [0, 0.05) is 9.80 Å². The van der Waals surface area contributed by atoms with Crippen LogP contribution in [0.4, 0.5) is 0 Å². The summed E-state index contributed by atoms with van der Waals surface area (Å²) in [6.07, 6.45) is 0. The quantitative estimate of drug-likeness (QED) is 0.251. The first-order valence-electron chi connectivity index (χ1n) is 1.12. The highest BCUT2D eigenvalue weighted by Gasteiger charge is 2.07. The standard InChI is InChI=1S/Cl2N3OP/c1-7(2,6)5-4-3. The summed E-state index contributed by atoms with van der Waals surface area (Å²) >= 11 is 9.47. The molecule has 0 unspecified atom stereocenters. The van der Waals surface area contributed by atoms with Gasteiger partial charge >= 0.3 is 6.00 Å². The zero-order valence-corrected chi connectivity index (χ0v) is 5.36. The van der Waals surface area contributed by atoms with E-state index in [0.717, 1.165) is 0 Å². The minimum atomic E-state index is -3.51. The van der Waals surface area contributed by atoms with Crippen LogP contribution in [-0.2, 0) is 4.57 Å². The molecule has 40 valence electrons. The van der Waals surface area contributed by atoms with Gasteiger partial charge in [0.25, 0.3) is 0 Å². The summed E-state index contributed by atoms with van der Waals surface area (Å²) in [6.45, 7) is 0. The third kappa shape index (κ3) is 6.12. The summed E-state index contributed by atoms with van der Waals surface area (Å²) in [5, 5.41) is 0. The van der Waals surface area contributed by atoms with Gasteiger partial charge in [0.2, 0.25) is 0 Å². The maximum absolute atomic E-state index is 9.93. The molecule has 0 aromatic heterocycles. The van der Waals surface area contributed by atoms with E-state index < -0.39 is 6.00 Å². The van der Waals surface area contributed by atoms with Gasteiger partial charge in [-0.25, -0.2) is 0 Å². The van der Waals surface area contributed by atoms with E-state index in [1.807, 2.05) is 0 Å². The highest BCUT2D eigenvalue weighted by molar-refractivity contribution is 8.07. The van der Waals surface area contributed by atoms with E-state index in [1.54, 1.807) is 0 Å². The van der Waals surface area contributed by atoms with Crippen LogP contribution in [0, 0.1) is 0 Å². The molecular formula is Cl2N3OP. The Labute approximate surface area is 49.0 Å². The van der Waals surface area contributed by atoms with Gasteiger partial charge in [0.1, 0.15) is 0 Å². The molecule has 0 spiro atoms. The molecule has 4 nitrogen and oxygen atoms in total.